The van der Waals surface area contributed by atoms with Gasteiger partial charge in [-0.05, 0) is 36.7 Å². The number of hydrogen-bond donors (Lipinski definition) is 0. The van der Waals surface area contributed by atoms with E-state index in [1.807, 2.05) is 0 Å². The Kier molecular flexibility index (Phi) is 8.35. The van der Waals surface area contributed by atoms with Crippen LogP contribution in [0.25, 0.3) is 5.57 Å². The van der Waals surface area contributed by atoms with Gasteiger partial charge in [-0.1, -0.05) is 195 Å². The van der Waals surface area contributed by atoms with Crippen molar-refractivity contribution in [2.24, 2.45) is 0 Å². The van der Waals surface area contributed by atoms with E-state index >= 15 is 0 Å². The minimum atomic E-state index is -2.61. The minimum absolute atomic E-state index is 1.15. The van der Waals surface area contributed by atoms with Crippen molar-refractivity contribution in [3.63, 3.8) is 0 Å². The maximum absolute atomic E-state index is 4.32. The zero-order chi connectivity index (χ0) is 29.5. The van der Waals surface area contributed by atoms with Crippen molar-refractivity contribution < 1.29 is 0 Å². The summed E-state index contributed by atoms with van der Waals surface area (Å²) in [4.78, 5) is 1.46. The first-order valence-electron chi connectivity index (χ1n) is 15.0. The molecule has 0 aromatic heterocycles. The third-order valence-electron chi connectivity index (χ3n) is 8.78. The molecule has 0 spiro atoms. The molecule has 0 unspecified atom stereocenters. The molecule has 0 fully saturated rings. The summed E-state index contributed by atoms with van der Waals surface area (Å²) in [7, 11) is -5.23. The van der Waals surface area contributed by atoms with Gasteiger partial charge in [0.05, 0.1) is 0 Å². The van der Waals surface area contributed by atoms with Gasteiger partial charge in [-0.25, -0.2) is 0 Å². The molecule has 0 aliphatic heterocycles. The molecule has 0 aliphatic rings. The van der Waals surface area contributed by atoms with Gasteiger partial charge in [0.25, 0.3) is 0 Å². The van der Waals surface area contributed by atoms with Gasteiger partial charge in [0.15, 0.2) is 0 Å². The molecule has 6 aromatic carbocycles. The van der Waals surface area contributed by atoms with Gasteiger partial charge >= 0.3 is 0 Å². The molecular formula is C41H36Si2. The Morgan fingerprint density at radius 3 is 0.837 bits per heavy atom. The normalized spacial score (nSPS) is 11.4. The highest BCUT2D eigenvalue weighted by Crippen LogP contribution is 2.30. The van der Waals surface area contributed by atoms with Crippen LogP contribution in [0.2, 0.25) is 13.1 Å². The van der Waals surface area contributed by atoms with E-state index in [1.165, 1.54) is 36.7 Å². The average molecular weight is 585 g/mol. The first kappa shape index (κ1) is 28.4. The lowest BCUT2D eigenvalue weighted by molar-refractivity contribution is 1.55. The summed E-state index contributed by atoms with van der Waals surface area (Å²) in [5, 5.41) is 5.59. The molecule has 0 nitrogen and oxygen atoms in total. The monoisotopic (exact) mass is 584 g/mol. The molecule has 0 atom stereocenters. The summed E-state index contributed by atoms with van der Waals surface area (Å²) in [6.45, 7) is 5.09. The Hall–Kier alpha value is -4.73. The number of benzene rings is 6. The van der Waals surface area contributed by atoms with Gasteiger partial charge in [-0.3, -0.25) is 0 Å². The van der Waals surface area contributed by atoms with Crippen LogP contribution in [-0.4, -0.2) is 16.1 Å². The Labute approximate surface area is 258 Å². The van der Waals surface area contributed by atoms with E-state index < -0.39 is 16.1 Å². The summed E-state index contributed by atoms with van der Waals surface area (Å²) >= 11 is 0. The van der Waals surface area contributed by atoms with E-state index in [2.05, 4.69) is 201 Å². The second-order valence-electron chi connectivity index (χ2n) is 11.3. The van der Waals surface area contributed by atoms with E-state index in [9.17, 15) is 0 Å². The molecule has 2 heteroatoms. The SMILES string of the molecule is C[Si](C(=C=C(c1ccccc1)c1ccccc1)[Si](C)(c1ccccc1)c1ccccc1)(c1ccccc1)c1ccccc1. The maximum atomic E-state index is 4.32. The van der Waals surface area contributed by atoms with Crippen LogP contribution in [-0.2, 0) is 0 Å². The van der Waals surface area contributed by atoms with Crippen molar-refractivity contribution in [1.29, 1.82) is 0 Å². The van der Waals surface area contributed by atoms with E-state index in [0.717, 1.165) is 5.57 Å². The second-order valence-corrected chi connectivity index (χ2v) is 19.6. The number of rotatable bonds is 8. The Balaban J connectivity index is 1.85. The highest BCUT2D eigenvalue weighted by atomic mass is 28.4. The Morgan fingerprint density at radius 1 is 0.349 bits per heavy atom. The molecular weight excluding hydrogens is 549 g/mol. The second kappa shape index (κ2) is 12.6. The van der Waals surface area contributed by atoms with Gasteiger partial charge < -0.3 is 0 Å². The fourth-order valence-corrected chi connectivity index (χ4v) is 18.1. The molecule has 6 aromatic rings. The standard InChI is InChI=1S/C41H36Si2/c1-42(36-25-13-5-14-26-36,37-27-15-6-16-28-37)41(33-40(34-21-9-3-10-22-34)35-23-11-4-12-24-35)43(2,38-29-17-7-18-30-38)39-31-19-8-20-32-39/h3-32H,1-2H3. The largest absolute Gasteiger partial charge is 0.146 e. The van der Waals surface area contributed by atoms with Crippen LogP contribution in [0.5, 0.6) is 0 Å². The lowest BCUT2D eigenvalue weighted by Crippen LogP contribution is -2.70. The first-order chi connectivity index (χ1) is 21.1. The fraction of sp³-hybridized carbons (Fsp3) is 0.0488. The summed E-state index contributed by atoms with van der Waals surface area (Å²) in [6, 6.07) is 66.5. The van der Waals surface area contributed by atoms with Crippen molar-refractivity contribution in [3.8, 4) is 0 Å². The van der Waals surface area contributed by atoms with Crippen molar-refractivity contribution in [3.05, 3.63) is 204 Å². The van der Waals surface area contributed by atoms with Gasteiger partial charge in [0.1, 0.15) is 16.1 Å². The van der Waals surface area contributed by atoms with Crippen LogP contribution in [0.15, 0.2) is 193 Å². The zero-order valence-corrected chi connectivity index (χ0v) is 26.8. The molecule has 0 saturated heterocycles. The molecule has 43 heavy (non-hydrogen) atoms. The predicted molar refractivity (Wildman–Crippen MR) is 190 cm³/mol. The highest BCUT2D eigenvalue weighted by molar-refractivity contribution is 7.24. The lowest BCUT2D eigenvalue weighted by Gasteiger charge is -2.41. The predicted octanol–water partition coefficient (Wildman–Crippen LogP) is 7.51. The molecule has 208 valence electrons. The van der Waals surface area contributed by atoms with Crippen molar-refractivity contribution >= 4 is 42.5 Å². The summed E-state index contributed by atoms with van der Waals surface area (Å²) < 4.78 is 0. The smallest absolute Gasteiger partial charge is 0.120 e. The fourth-order valence-electron chi connectivity index (χ4n) is 6.39. The van der Waals surface area contributed by atoms with Crippen LogP contribution in [0.1, 0.15) is 11.1 Å². The number of hydrogen-bond acceptors (Lipinski definition) is 0. The van der Waals surface area contributed by atoms with Crippen molar-refractivity contribution in [1.82, 2.24) is 0 Å². The third kappa shape index (κ3) is 5.57. The van der Waals surface area contributed by atoms with Gasteiger partial charge in [0.2, 0.25) is 0 Å². The zero-order valence-electron chi connectivity index (χ0n) is 24.8. The average Bonchev–Trinajstić information content (AvgIpc) is 3.10. The molecule has 0 bridgehead atoms. The molecule has 0 N–H and O–H groups in total. The van der Waals surface area contributed by atoms with Crippen LogP contribution >= 0.6 is 0 Å². The Morgan fingerprint density at radius 2 is 0.581 bits per heavy atom. The van der Waals surface area contributed by atoms with Crippen LogP contribution in [0.3, 0.4) is 0 Å². The van der Waals surface area contributed by atoms with Gasteiger partial charge in [-0.15, -0.1) is 5.73 Å². The van der Waals surface area contributed by atoms with E-state index in [1.54, 1.807) is 0 Å². The first-order valence-corrected chi connectivity index (χ1v) is 20.0. The third-order valence-corrected chi connectivity index (χ3v) is 20.0. The quantitative estimate of drug-likeness (QED) is 0.128. The maximum Gasteiger partial charge on any atom is 0.146 e. The highest BCUT2D eigenvalue weighted by Gasteiger charge is 2.48. The van der Waals surface area contributed by atoms with E-state index in [-0.39, 0.29) is 0 Å². The van der Waals surface area contributed by atoms with E-state index in [0.29, 0.717) is 0 Å². The van der Waals surface area contributed by atoms with Crippen molar-refractivity contribution in [2.45, 2.75) is 13.1 Å². The topological polar surface area (TPSA) is 0 Å². The molecule has 6 rings (SSSR count). The van der Waals surface area contributed by atoms with Gasteiger partial charge in [0, 0.05) is 5.57 Å². The van der Waals surface area contributed by atoms with E-state index in [4.69, 9.17) is 0 Å². The van der Waals surface area contributed by atoms with Crippen LogP contribution in [0, 0.1) is 0 Å². The van der Waals surface area contributed by atoms with Crippen LogP contribution in [0.4, 0.5) is 0 Å². The van der Waals surface area contributed by atoms with Crippen LogP contribution < -0.4 is 20.7 Å². The lowest BCUT2D eigenvalue weighted by atomic mass is 9.99. The van der Waals surface area contributed by atoms with Gasteiger partial charge in [-0.2, -0.15) is 0 Å². The summed E-state index contributed by atoms with van der Waals surface area (Å²) in [5.41, 5.74) is 7.83. The summed E-state index contributed by atoms with van der Waals surface area (Å²) in [5.74, 6) is 0. The molecule has 0 radical (unpaired) electrons. The molecule has 0 amide bonds. The van der Waals surface area contributed by atoms with Crippen molar-refractivity contribution in [2.75, 3.05) is 0 Å². The molecule has 0 aliphatic carbocycles. The summed E-state index contributed by atoms with van der Waals surface area (Å²) in [6.07, 6.45) is 0. The Bertz CT molecular complexity index is 1610. The molecule has 0 heterocycles. The molecule has 0 saturated carbocycles. The minimum Gasteiger partial charge on any atom is -0.120 e.